The van der Waals surface area contributed by atoms with Crippen LogP contribution in [0.1, 0.15) is 11.1 Å². The van der Waals surface area contributed by atoms with E-state index in [0.29, 0.717) is 6.42 Å². The molecular formula is C15H16O5S. The van der Waals surface area contributed by atoms with Crippen molar-refractivity contribution in [3.63, 3.8) is 0 Å². The van der Waals surface area contributed by atoms with Gasteiger partial charge in [-0.3, -0.25) is 0 Å². The Bertz CT molecular complexity index is 650. The highest BCUT2D eigenvalue weighted by Crippen LogP contribution is 2.11. The molecule has 0 amide bonds. The molecule has 112 valence electrons. The molecule has 0 unspecified atom stereocenters. The molecule has 6 heteroatoms. The predicted molar refractivity (Wildman–Crippen MR) is 77.9 cm³/mol. The molecule has 0 fully saturated rings. The van der Waals surface area contributed by atoms with E-state index >= 15 is 0 Å². The summed E-state index contributed by atoms with van der Waals surface area (Å²) in [7, 11) is -4.01. The van der Waals surface area contributed by atoms with E-state index < -0.39 is 10.4 Å². The van der Waals surface area contributed by atoms with Crippen LogP contribution in [0.2, 0.25) is 0 Å². The summed E-state index contributed by atoms with van der Waals surface area (Å²) in [6.45, 7) is -0.0652. The molecule has 0 aromatic heterocycles. The summed E-state index contributed by atoms with van der Waals surface area (Å²) in [6, 6.07) is 15.5. The molecule has 0 aliphatic rings. The van der Waals surface area contributed by atoms with Gasteiger partial charge in [-0.1, -0.05) is 42.5 Å². The van der Waals surface area contributed by atoms with Gasteiger partial charge >= 0.3 is 10.4 Å². The Balaban J connectivity index is 1.77. The van der Waals surface area contributed by atoms with Gasteiger partial charge in [-0.15, -0.1) is 0 Å². The molecule has 5 nitrogen and oxygen atoms in total. The van der Waals surface area contributed by atoms with Crippen LogP contribution in [0.4, 0.5) is 0 Å². The Morgan fingerprint density at radius 2 is 1.52 bits per heavy atom. The minimum Gasteiger partial charge on any atom is -0.508 e. The molecule has 0 aliphatic heterocycles. The van der Waals surface area contributed by atoms with Crippen molar-refractivity contribution < 1.29 is 21.9 Å². The van der Waals surface area contributed by atoms with E-state index in [4.69, 9.17) is 13.5 Å². The molecule has 0 atom stereocenters. The van der Waals surface area contributed by atoms with E-state index in [1.807, 2.05) is 6.07 Å². The fourth-order valence-corrected chi connectivity index (χ4v) is 2.31. The molecule has 21 heavy (non-hydrogen) atoms. The first-order valence-corrected chi connectivity index (χ1v) is 7.74. The zero-order valence-corrected chi connectivity index (χ0v) is 12.1. The minimum absolute atomic E-state index is 0.0120. The van der Waals surface area contributed by atoms with Crippen LogP contribution in [-0.4, -0.2) is 20.1 Å². The topological polar surface area (TPSA) is 72.8 Å². The average molecular weight is 308 g/mol. The molecule has 0 radical (unpaired) electrons. The Kier molecular flexibility index (Phi) is 5.32. The minimum atomic E-state index is -4.01. The van der Waals surface area contributed by atoms with Crippen LogP contribution in [0.25, 0.3) is 0 Å². The second kappa shape index (κ2) is 7.21. The van der Waals surface area contributed by atoms with Crippen LogP contribution >= 0.6 is 0 Å². The van der Waals surface area contributed by atoms with Crippen molar-refractivity contribution in [1.29, 1.82) is 0 Å². The van der Waals surface area contributed by atoms with Crippen LogP contribution in [-0.2, 0) is 31.8 Å². The third-order valence-electron chi connectivity index (χ3n) is 2.77. The van der Waals surface area contributed by atoms with Crippen molar-refractivity contribution in [2.45, 2.75) is 13.0 Å². The lowest BCUT2D eigenvalue weighted by molar-refractivity contribution is 0.210. The van der Waals surface area contributed by atoms with Crippen molar-refractivity contribution in [2.75, 3.05) is 6.61 Å². The molecule has 2 aromatic carbocycles. The molecule has 0 heterocycles. The third-order valence-corrected chi connectivity index (χ3v) is 3.63. The monoisotopic (exact) mass is 308 g/mol. The summed E-state index contributed by atoms with van der Waals surface area (Å²) >= 11 is 0. The smallest absolute Gasteiger partial charge is 0.400 e. The summed E-state index contributed by atoms with van der Waals surface area (Å²) in [4.78, 5) is 0. The highest BCUT2D eigenvalue weighted by molar-refractivity contribution is 7.81. The summed E-state index contributed by atoms with van der Waals surface area (Å²) < 4.78 is 32.7. The maximum atomic E-state index is 11.6. The van der Waals surface area contributed by atoms with Gasteiger partial charge in [0.25, 0.3) is 0 Å². The lowest BCUT2D eigenvalue weighted by atomic mass is 10.2. The molecule has 0 saturated carbocycles. The first kappa shape index (κ1) is 15.5. The first-order chi connectivity index (χ1) is 10.1. The van der Waals surface area contributed by atoms with Crippen molar-refractivity contribution >= 4 is 10.4 Å². The van der Waals surface area contributed by atoms with Crippen molar-refractivity contribution in [2.24, 2.45) is 0 Å². The van der Waals surface area contributed by atoms with Crippen molar-refractivity contribution in [3.8, 4) is 5.75 Å². The van der Waals surface area contributed by atoms with E-state index in [1.165, 1.54) is 12.1 Å². The van der Waals surface area contributed by atoms with E-state index in [0.717, 1.165) is 11.1 Å². The summed E-state index contributed by atoms with van der Waals surface area (Å²) in [5.74, 6) is 0.165. The highest BCUT2D eigenvalue weighted by atomic mass is 32.3. The Labute approximate surface area is 124 Å². The van der Waals surface area contributed by atoms with E-state index in [2.05, 4.69) is 0 Å². The molecule has 1 N–H and O–H groups in total. The number of phenolic OH excluding ortho intramolecular Hbond substituents is 1. The van der Waals surface area contributed by atoms with E-state index in [-0.39, 0.29) is 19.0 Å². The molecule has 2 rings (SSSR count). The predicted octanol–water partition coefficient (Wildman–Crippen LogP) is 2.41. The number of phenols is 1. The van der Waals surface area contributed by atoms with Gasteiger partial charge in [0.05, 0.1) is 13.2 Å². The first-order valence-electron chi connectivity index (χ1n) is 6.41. The zero-order chi connectivity index (χ0) is 15.1. The normalized spacial score (nSPS) is 11.4. The Morgan fingerprint density at radius 1 is 0.857 bits per heavy atom. The Morgan fingerprint density at radius 3 is 2.19 bits per heavy atom. The second-order valence-corrected chi connectivity index (χ2v) is 5.68. The number of hydrogen-bond acceptors (Lipinski definition) is 5. The lowest BCUT2D eigenvalue weighted by Gasteiger charge is -2.06. The van der Waals surface area contributed by atoms with E-state index in [1.54, 1.807) is 36.4 Å². The third kappa shape index (κ3) is 5.55. The lowest BCUT2D eigenvalue weighted by Crippen LogP contribution is -2.12. The maximum absolute atomic E-state index is 11.6. The number of hydrogen-bond donors (Lipinski definition) is 1. The van der Waals surface area contributed by atoms with Crippen LogP contribution in [0.5, 0.6) is 5.75 Å². The number of benzene rings is 2. The van der Waals surface area contributed by atoms with Crippen molar-refractivity contribution in [1.82, 2.24) is 0 Å². The maximum Gasteiger partial charge on any atom is 0.400 e. The molecule has 0 aliphatic carbocycles. The Hall–Kier alpha value is -1.89. The van der Waals surface area contributed by atoms with Crippen LogP contribution in [0.3, 0.4) is 0 Å². The molecule has 2 aromatic rings. The summed E-state index contributed by atoms with van der Waals surface area (Å²) in [5.41, 5.74) is 1.62. The molecule has 0 saturated heterocycles. The average Bonchev–Trinajstić information content (AvgIpc) is 2.48. The quantitative estimate of drug-likeness (QED) is 0.850. The number of rotatable bonds is 7. The SMILES string of the molecule is O=S(=O)(OCCc1ccc(O)cc1)OCc1ccccc1. The van der Waals surface area contributed by atoms with E-state index in [9.17, 15) is 8.42 Å². The molecule has 0 spiro atoms. The largest absolute Gasteiger partial charge is 0.508 e. The van der Waals surface area contributed by atoms with Gasteiger partial charge in [0.1, 0.15) is 5.75 Å². The van der Waals surface area contributed by atoms with Gasteiger partial charge in [-0.25, -0.2) is 8.37 Å². The van der Waals surface area contributed by atoms with Gasteiger partial charge < -0.3 is 5.11 Å². The van der Waals surface area contributed by atoms with Crippen LogP contribution in [0, 0.1) is 0 Å². The summed E-state index contributed by atoms with van der Waals surface area (Å²) in [5, 5.41) is 9.14. The fraction of sp³-hybridized carbons (Fsp3) is 0.200. The summed E-state index contributed by atoms with van der Waals surface area (Å²) in [6.07, 6.45) is 0.411. The fourth-order valence-electron chi connectivity index (χ4n) is 1.67. The van der Waals surface area contributed by atoms with Gasteiger partial charge in [0.15, 0.2) is 0 Å². The number of aromatic hydroxyl groups is 1. The molecule has 0 bridgehead atoms. The van der Waals surface area contributed by atoms with Crippen LogP contribution < -0.4 is 0 Å². The standard InChI is InChI=1S/C15H16O5S/c16-15-8-6-13(7-9-15)10-11-19-21(17,18)20-12-14-4-2-1-3-5-14/h1-9,16H,10-12H2. The van der Waals surface area contributed by atoms with Gasteiger partial charge in [0, 0.05) is 0 Å². The van der Waals surface area contributed by atoms with Gasteiger partial charge in [0.2, 0.25) is 0 Å². The second-order valence-electron chi connectivity index (χ2n) is 4.39. The highest BCUT2D eigenvalue weighted by Gasteiger charge is 2.12. The zero-order valence-electron chi connectivity index (χ0n) is 11.3. The van der Waals surface area contributed by atoms with Crippen molar-refractivity contribution in [3.05, 3.63) is 65.7 Å². The molecular weight excluding hydrogens is 292 g/mol. The van der Waals surface area contributed by atoms with Gasteiger partial charge in [-0.05, 0) is 29.7 Å². The van der Waals surface area contributed by atoms with Crippen LogP contribution in [0.15, 0.2) is 54.6 Å². The van der Waals surface area contributed by atoms with Gasteiger partial charge in [-0.2, -0.15) is 8.42 Å².